The Kier molecular flexibility index (Phi) is 3.21. The highest BCUT2D eigenvalue weighted by molar-refractivity contribution is 7.89. The molecule has 0 aliphatic rings. The van der Waals surface area contributed by atoms with E-state index < -0.39 is 10.0 Å². The van der Waals surface area contributed by atoms with Crippen LogP contribution in [0.1, 0.15) is 0 Å². The molecule has 0 saturated carbocycles. The fourth-order valence-electron chi connectivity index (χ4n) is 1.09. The Morgan fingerprint density at radius 3 is 2.33 bits per heavy atom. The van der Waals surface area contributed by atoms with Crippen molar-refractivity contribution in [2.24, 2.45) is 0 Å². The van der Waals surface area contributed by atoms with E-state index in [-0.39, 0.29) is 10.6 Å². The SMILES string of the molecule is COc1ccc(S(=O)(=O)N(C)C)c(N)c1. The van der Waals surface area contributed by atoms with Crippen LogP contribution in [-0.2, 0) is 10.0 Å². The summed E-state index contributed by atoms with van der Waals surface area (Å²) in [5.74, 6) is 0.533. The van der Waals surface area contributed by atoms with Crippen LogP contribution in [0.3, 0.4) is 0 Å². The van der Waals surface area contributed by atoms with Crippen molar-refractivity contribution in [2.45, 2.75) is 4.90 Å². The second kappa shape index (κ2) is 4.08. The summed E-state index contributed by atoms with van der Waals surface area (Å²) in [7, 11) is 0.930. The average Bonchev–Trinajstić information content (AvgIpc) is 2.16. The minimum absolute atomic E-state index is 0.0910. The van der Waals surface area contributed by atoms with Crippen LogP contribution in [0.5, 0.6) is 5.75 Å². The van der Waals surface area contributed by atoms with Gasteiger partial charge in [0.25, 0.3) is 0 Å². The molecule has 0 saturated heterocycles. The maximum atomic E-state index is 11.8. The van der Waals surface area contributed by atoms with E-state index in [1.165, 1.54) is 33.3 Å². The predicted octanol–water partition coefficient (Wildman–Crippen LogP) is 0.528. The van der Waals surface area contributed by atoms with Crippen molar-refractivity contribution in [3.63, 3.8) is 0 Å². The van der Waals surface area contributed by atoms with Crippen molar-refractivity contribution in [3.8, 4) is 5.75 Å². The predicted molar refractivity (Wildman–Crippen MR) is 58.3 cm³/mol. The van der Waals surface area contributed by atoms with E-state index in [1.54, 1.807) is 6.07 Å². The molecule has 0 heterocycles. The third-order valence-corrected chi connectivity index (χ3v) is 3.86. The van der Waals surface area contributed by atoms with Crippen molar-refractivity contribution >= 4 is 15.7 Å². The molecule has 6 heteroatoms. The molecule has 2 N–H and O–H groups in total. The molecule has 0 radical (unpaired) electrons. The Labute approximate surface area is 89.5 Å². The number of ether oxygens (including phenoxy) is 1. The summed E-state index contributed by atoms with van der Waals surface area (Å²) in [6, 6.07) is 4.48. The summed E-state index contributed by atoms with van der Waals surface area (Å²) < 4.78 is 29.6. The van der Waals surface area contributed by atoms with Crippen molar-refractivity contribution in [3.05, 3.63) is 18.2 Å². The van der Waals surface area contributed by atoms with Crippen LogP contribution in [0.2, 0.25) is 0 Å². The highest BCUT2D eigenvalue weighted by Crippen LogP contribution is 2.25. The summed E-state index contributed by atoms with van der Waals surface area (Å²) >= 11 is 0. The van der Waals surface area contributed by atoms with Gasteiger partial charge in [0.05, 0.1) is 12.8 Å². The smallest absolute Gasteiger partial charge is 0.244 e. The number of sulfonamides is 1. The largest absolute Gasteiger partial charge is 0.497 e. The van der Waals surface area contributed by atoms with E-state index in [0.717, 1.165) is 4.31 Å². The quantitative estimate of drug-likeness (QED) is 0.769. The molecule has 0 fully saturated rings. The first-order chi connectivity index (χ1) is 6.89. The molecule has 1 aromatic carbocycles. The molecule has 1 rings (SSSR count). The fraction of sp³-hybridized carbons (Fsp3) is 0.333. The minimum Gasteiger partial charge on any atom is -0.497 e. The number of nitrogens with zero attached hydrogens (tertiary/aromatic N) is 1. The molecule has 15 heavy (non-hydrogen) atoms. The monoisotopic (exact) mass is 230 g/mol. The Morgan fingerprint density at radius 2 is 1.93 bits per heavy atom. The van der Waals surface area contributed by atoms with Crippen LogP contribution in [-0.4, -0.2) is 33.9 Å². The van der Waals surface area contributed by atoms with Gasteiger partial charge in [0, 0.05) is 20.2 Å². The van der Waals surface area contributed by atoms with Gasteiger partial charge in [0.15, 0.2) is 0 Å². The lowest BCUT2D eigenvalue weighted by Gasteiger charge is -2.13. The Bertz CT molecular complexity index is 454. The van der Waals surface area contributed by atoms with E-state index in [2.05, 4.69) is 0 Å². The first kappa shape index (κ1) is 11.8. The standard InChI is InChI=1S/C9H14N2O3S/c1-11(2)15(12,13)9-5-4-7(14-3)6-8(9)10/h4-6H,10H2,1-3H3. The maximum absolute atomic E-state index is 11.8. The first-order valence-corrected chi connectivity index (χ1v) is 5.69. The summed E-state index contributed by atoms with van der Waals surface area (Å²) in [4.78, 5) is 0.0910. The highest BCUT2D eigenvalue weighted by Gasteiger charge is 2.20. The van der Waals surface area contributed by atoms with Crippen LogP contribution < -0.4 is 10.5 Å². The van der Waals surface area contributed by atoms with E-state index in [4.69, 9.17) is 10.5 Å². The van der Waals surface area contributed by atoms with Gasteiger partial charge in [-0.15, -0.1) is 0 Å². The number of nitrogens with two attached hydrogens (primary N) is 1. The molecule has 0 unspecified atom stereocenters. The van der Waals surface area contributed by atoms with E-state index in [0.29, 0.717) is 5.75 Å². The zero-order valence-corrected chi connectivity index (χ0v) is 9.71. The third kappa shape index (κ3) is 2.21. The van der Waals surface area contributed by atoms with Crippen molar-refractivity contribution in [1.82, 2.24) is 4.31 Å². The van der Waals surface area contributed by atoms with Gasteiger partial charge in [-0.3, -0.25) is 0 Å². The molecule has 84 valence electrons. The second-order valence-corrected chi connectivity index (χ2v) is 5.31. The van der Waals surface area contributed by atoms with E-state index in [1.807, 2.05) is 0 Å². The zero-order chi connectivity index (χ0) is 11.6. The normalized spacial score (nSPS) is 11.7. The second-order valence-electron chi connectivity index (χ2n) is 3.19. The number of benzene rings is 1. The summed E-state index contributed by atoms with van der Waals surface area (Å²) in [5, 5.41) is 0. The van der Waals surface area contributed by atoms with Crippen LogP contribution in [0.4, 0.5) is 5.69 Å². The van der Waals surface area contributed by atoms with Gasteiger partial charge in [0.2, 0.25) is 10.0 Å². The number of hydrogen-bond acceptors (Lipinski definition) is 4. The van der Waals surface area contributed by atoms with Gasteiger partial charge in [-0.05, 0) is 12.1 Å². The lowest BCUT2D eigenvalue weighted by atomic mass is 10.3. The van der Waals surface area contributed by atoms with E-state index >= 15 is 0 Å². The lowest BCUT2D eigenvalue weighted by molar-refractivity contribution is 0.414. The molecule has 0 amide bonds. The molecule has 0 spiro atoms. The topological polar surface area (TPSA) is 72.6 Å². The molecular weight excluding hydrogens is 216 g/mol. The number of hydrogen-bond donors (Lipinski definition) is 1. The van der Waals surface area contributed by atoms with E-state index in [9.17, 15) is 8.42 Å². The first-order valence-electron chi connectivity index (χ1n) is 4.25. The van der Waals surface area contributed by atoms with Crippen molar-refractivity contribution in [2.75, 3.05) is 26.9 Å². The Morgan fingerprint density at radius 1 is 1.33 bits per heavy atom. The van der Waals surface area contributed by atoms with Gasteiger partial charge in [-0.1, -0.05) is 0 Å². The van der Waals surface area contributed by atoms with Crippen LogP contribution in [0, 0.1) is 0 Å². The molecular formula is C9H14N2O3S. The lowest BCUT2D eigenvalue weighted by Crippen LogP contribution is -2.23. The van der Waals surface area contributed by atoms with Gasteiger partial charge >= 0.3 is 0 Å². The molecule has 0 aliphatic carbocycles. The van der Waals surface area contributed by atoms with Crippen LogP contribution in [0.15, 0.2) is 23.1 Å². The average molecular weight is 230 g/mol. The van der Waals surface area contributed by atoms with Gasteiger partial charge < -0.3 is 10.5 Å². The van der Waals surface area contributed by atoms with Gasteiger partial charge in [-0.2, -0.15) is 0 Å². The van der Waals surface area contributed by atoms with Crippen molar-refractivity contribution in [1.29, 1.82) is 0 Å². The Hall–Kier alpha value is -1.27. The summed E-state index contributed by atoms with van der Waals surface area (Å²) in [6.45, 7) is 0. The molecule has 0 bridgehead atoms. The zero-order valence-electron chi connectivity index (χ0n) is 8.89. The number of nitrogen functional groups attached to an aromatic ring is 1. The fourth-order valence-corrected chi connectivity index (χ4v) is 2.08. The Balaban J connectivity index is 3.29. The molecule has 0 atom stereocenters. The van der Waals surface area contributed by atoms with Crippen LogP contribution in [0.25, 0.3) is 0 Å². The molecule has 5 nitrogen and oxygen atoms in total. The molecule has 0 aliphatic heterocycles. The number of anilines is 1. The maximum Gasteiger partial charge on any atom is 0.244 e. The third-order valence-electron chi connectivity index (χ3n) is 1.98. The molecule has 0 aromatic heterocycles. The molecule has 1 aromatic rings. The van der Waals surface area contributed by atoms with Crippen molar-refractivity contribution < 1.29 is 13.2 Å². The van der Waals surface area contributed by atoms with Gasteiger partial charge in [0.1, 0.15) is 10.6 Å². The highest BCUT2D eigenvalue weighted by atomic mass is 32.2. The summed E-state index contributed by atoms with van der Waals surface area (Å²) in [6.07, 6.45) is 0. The number of methoxy groups -OCH3 is 1. The van der Waals surface area contributed by atoms with Crippen LogP contribution >= 0.6 is 0 Å². The number of rotatable bonds is 3. The minimum atomic E-state index is -3.48. The summed E-state index contributed by atoms with van der Waals surface area (Å²) in [5.41, 5.74) is 5.82. The van der Waals surface area contributed by atoms with Gasteiger partial charge in [-0.25, -0.2) is 12.7 Å².